The summed E-state index contributed by atoms with van der Waals surface area (Å²) in [5.74, 6) is 0. The van der Waals surface area contributed by atoms with Crippen molar-refractivity contribution in [3.05, 3.63) is 70.3 Å². The lowest BCUT2D eigenvalue weighted by Gasteiger charge is -2.19. The number of hydrogen-bond acceptors (Lipinski definition) is 0. The smallest absolute Gasteiger partial charge is 0.00200 e. The van der Waals surface area contributed by atoms with Crippen LogP contribution in [0.1, 0.15) is 41.7 Å². The fraction of sp³-hybridized carbons (Fsp3) is 0.294. The summed E-state index contributed by atoms with van der Waals surface area (Å²) in [6.45, 7) is 6.17. The highest BCUT2D eigenvalue weighted by molar-refractivity contribution is 5.46. The minimum atomic E-state index is 1.10. The van der Waals surface area contributed by atoms with Gasteiger partial charge in [0.1, 0.15) is 0 Å². The van der Waals surface area contributed by atoms with Crippen LogP contribution in [0, 0.1) is 6.92 Å². The maximum atomic E-state index is 2.32. The van der Waals surface area contributed by atoms with Crippen LogP contribution in [0.2, 0.25) is 0 Å². The van der Waals surface area contributed by atoms with Crippen molar-refractivity contribution < 1.29 is 0 Å². The molecule has 0 atom stereocenters. The number of benzene rings is 2. The lowest BCUT2D eigenvalue weighted by Crippen LogP contribution is -2.07. The molecule has 0 nitrogen and oxygen atoms in total. The highest BCUT2D eigenvalue weighted by Gasteiger charge is 2.13. The summed E-state index contributed by atoms with van der Waals surface area (Å²) in [7, 11) is 0. The molecule has 0 fully saturated rings. The van der Waals surface area contributed by atoms with Crippen LogP contribution in [-0.2, 0) is 12.8 Å². The van der Waals surface area contributed by atoms with Crippen molar-refractivity contribution in [1.29, 1.82) is 0 Å². The quantitative estimate of drug-likeness (QED) is 0.527. The predicted molar refractivity (Wildman–Crippen MR) is 74.6 cm³/mol. The Hall–Kier alpha value is -1.56. The summed E-state index contributed by atoms with van der Waals surface area (Å²) in [6.07, 6.45) is 2.21. The Morgan fingerprint density at radius 3 is 1.88 bits per heavy atom. The Labute approximate surface area is 104 Å². The molecule has 0 aromatic heterocycles. The van der Waals surface area contributed by atoms with Gasteiger partial charge in [0, 0.05) is 0 Å². The minimum Gasteiger partial charge on any atom is -0.0683 e. The molecule has 0 heterocycles. The lowest BCUT2D eigenvalue weighted by molar-refractivity contribution is 0.997. The van der Waals surface area contributed by atoms with Gasteiger partial charge >= 0.3 is 0 Å². The van der Waals surface area contributed by atoms with E-state index in [1.165, 1.54) is 27.8 Å². The van der Waals surface area contributed by atoms with E-state index in [4.69, 9.17) is 0 Å². The molecular formula is C17H20. The first kappa shape index (κ1) is 11.9. The molecule has 0 N–H and O–H groups in total. The van der Waals surface area contributed by atoms with Gasteiger partial charge in [0.05, 0.1) is 0 Å². The van der Waals surface area contributed by atoms with Crippen LogP contribution >= 0.6 is 0 Å². The molecule has 0 aliphatic heterocycles. The van der Waals surface area contributed by atoms with Crippen molar-refractivity contribution in [3.8, 4) is 0 Å². The molecule has 17 heavy (non-hydrogen) atoms. The van der Waals surface area contributed by atoms with Gasteiger partial charge in [-0.2, -0.15) is 0 Å². The molecule has 0 saturated heterocycles. The largest absolute Gasteiger partial charge is 0.0683 e. The van der Waals surface area contributed by atoms with Gasteiger partial charge in [0.15, 0.2) is 0 Å². The van der Waals surface area contributed by atoms with Crippen molar-refractivity contribution in [2.24, 2.45) is 0 Å². The van der Waals surface area contributed by atoms with Gasteiger partial charge in [-0.1, -0.05) is 61.9 Å². The van der Waals surface area contributed by atoms with Crippen LogP contribution in [0.4, 0.5) is 0 Å². The number of aryl methyl sites for hydroxylation is 1. The van der Waals surface area contributed by atoms with E-state index < -0.39 is 0 Å². The zero-order valence-electron chi connectivity index (χ0n) is 11.0. The van der Waals surface area contributed by atoms with Crippen molar-refractivity contribution >= 4 is 0 Å². The van der Waals surface area contributed by atoms with E-state index in [9.17, 15) is 0 Å². The second-order valence-corrected chi connectivity index (χ2v) is 4.39. The standard InChI is InChI=1S/C15H14.C2H6/c1-11-6-7-14-9-12-4-2-3-5-13(12)10-15(14)8-11;1-2/h2-8H,9-10H2,1H3;1-2H3. The Morgan fingerprint density at radius 1 is 0.706 bits per heavy atom. The van der Waals surface area contributed by atoms with Crippen LogP contribution in [0.3, 0.4) is 0 Å². The van der Waals surface area contributed by atoms with Crippen molar-refractivity contribution in [2.45, 2.75) is 33.6 Å². The molecule has 1 aliphatic carbocycles. The van der Waals surface area contributed by atoms with Crippen LogP contribution in [0.25, 0.3) is 0 Å². The number of rotatable bonds is 0. The summed E-state index contributed by atoms with van der Waals surface area (Å²) >= 11 is 0. The predicted octanol–water partition coefficient (Wildman–Crippen LogP) is 4.52. The molecule has 3 rings (SSSR count). The summed E-state index contributed by atoms with van der Waals surface area (Å²) in [6, 6.07) is 15.6. The Bertz CT molecular complexity index is 509. The van der Waals surface area contributed by atoms with E-state index in [1.54, 1.807) is 0 Å². The van der Waals surface area contributed by atoms with Gasteiger partial charge in [0.25, 0.3) is 0 Å². The zero-order chi connectivity index (χ0) is 12.3. The van der Waals surface area contributed by atoms with E-state index in [0.717, 1.165) is 12.8 Å². The average molecular weight is 224 g/mol. The lowest BCUT2D eigenvalue weighted by atomic mass is 9.85. The molecule has 0 bridgehead atoms. The topological polar surface area (TPSA) is 0 Å². The van der Waals surface area contributed by atoms with E-state index in [0.29, 0.717) is 0 Å². The fourth-order valence-corrected chi connectivity index (χ4v) is 2.40. The highest BCUT2D eigenvalue weighted by atomic mass is 14.2. The van der Waals surface area contributed by atoms with Gasteiger partial charge in [-0.15, -0.1) is 0 Å². The SMILES string of the molecule is CC.Cc1ccc2c(c1)Cc1ccccc1C2. The first-order valence-electron chi connectivity index (χ1n) is 6.48. The third-order valence-corrected chi connectivity index (χ3v) is 3.24. The molecular weight excluding hydrogens is 204 g/mol. The second-order valence-electron chi connectivity index (χ2n) is 4.39. The Kier molecular flexibility index (Phi) is 3.63. The van der Waals surface area contributed by atoms with Crippen molar-refractivity contribution in [3.63, 3.8) is 0 Å². The monoisotopic (exact) mass is 224 g/mol. The van der Waals surface area contributed by atoms with Crippen LogP contribution in [0.15, 0.2) is 42.5 Å². The third kappa shape index (κ3) is 2.41. The first-order valence-corrected chi connectivity index (χ1v) is 6.48. The van der Waals surface area contributed by atoms with Crippen LogP contribution < -0.4 is 0 Å². The molecule has 0 heteroatoms. The van der Waals surface area contributed by atoms with Gasteiger partial charge in [0.2, 0.25) is 0 Å². The maximum Gasteiger partial charge on any atom is -0.00200 e. The molecule has 2 aromatic carbocycles. The summed E-state index contributed by atoms with van der Waals surface area (Å²) in [5.41, 5.74) is 7.37. The summed E-state index contributed by atoms with van der Waals surface area (Å²) < 4.78 is 0. The zero-order valence-corrected chi connectivity index (χ0v) is 11.0. The normalized spacial score (nSPS) is 11.9. The van der Waals surface area contributed by atoms with E-state index in [1.807, 2.05) is 13.8 Å². The van der Waals surface area contributed by atoms with E-state index in [-0.39, 0.29) is 0 Å². The molecule has 0 unspecified atom stereocenters. The second kappa shape index (κ2) is 5.18. The average Bonchev–Trinajstić information content (AvgIpc) is 2.38. The van der Waals surface area contributed by atoms with E-state index in [2.05, 4.69) is 49.4 Å². The molecule has 1 aliphatic rings. The fourth-order valence-electron chi connectivity index (χ4n) is 2.40. The van der Waals surface area contributed by atoms with Crippen LogP contribution in [0.5, 0.6) is 0 Å². The number of hydrogen-bond donors (Lipinski definition) is 0. The molecule has 0 radical (unpaired) electrons. The van der Waals surface area contributed by atoms with Crippen molar-refractivity contribution in [1.82, 2.24) is 0 Å². The van der Waals surface area contributed by atoms with Crippen LogP contribution in [-0.4, -0.2) is 0 Å². The third-order valence-electron chi connectivity index (χ3n) is 3.24. The molecule has 0 saturated carbocycles. The van der Waals surface area contributed by atoms with Gasteiger partial charge in [-0.05, 0) is 42.0 Å². The summed E-state index contributed by atoms with van der Waals surface area (Å²) in [5, 5.41) is 0. The van der Waals surface area contributed by atoms with Gasteiger partial charge in [-0.3, -0.25) is 0 Å². The number of fused-ring (bicyclic) bond motifs is 2. The molecule has 88 valence electrons. The Morgan fingerprint density at radius 2 is 1.24 bits per heavy atom. The Balaban J connectivity index is 0.000000514. The summed E-state index contributed by atoms with van der Waals surface area (Å²) in [4.78, 5) is 0. The van der Waals surface area contributed by atoms with E-state index >= 15 is 0 Å². The molecule has 2 aromatic rings. The maximum absolute atomic E-state index is 2.32. The van der Waals surface area contributed by atoms with Gasteiger partial charge in [-0.25, -0.2) is 0 Å². The van der Waals surface area contributed by atoms with Crippen molar-refractivity contribution in [2.75, 3.05) is 0 Å². The molecule has 0 spiro atoms. The highest BCUT2D eigenvalue weighted by Crippen LogP contribution is 2.27. The van der Waals surface area contributed by atoms with Gasteiger partial charge < -0.3 is 0 Å². The first-order chi connectivity index (χ1) is 8.33. The minimum absolute atomic E-state index is 1.10. The molecule has 0 amide bonds.